The molecule has 0 fully saturated rings. The minimum Gasteiger partial charge on any atom is -0.392 e. The van der Waals surface area contributed by atoms with Crippen molar-refractivity contribution < 1.29 is 13.5 Å². The molecule has 2 N–H and O–H groups in total. The number of aliphatic hydroxyl groups is 1. The van der Waals surface area contributed by atoms with Gasteiger partial charge in [0.15, 0.2) is 0 Å². The third-order valence-corrected chi connectivity index (χ3v) is 5.02. The second-order valence-corrected chi connectivity index (χ2v) is 7.16. The Morgan fingerprint density at radius 1 is 1.32 bits per heavy atom. The van der Waals surface area contributed by atoms with Crippen LogP contribution in [0.4, 0.5) is 0 Å². The van der Waals surface area contributed by atoms with Crippen molar-refractivity contribution in [3.05, 3.63) is 28.8 Å². The lowest BCUT2D eigenvalue weighted by Crippen LogP contribution is -2.30. The zero-order valence-electron chi connectivity index (χ0n) is 11.4. The average Bonchev–Trinajstić information content (AvgIpc) is 2.36. The minimum absolute atomic E-state index is 0.122. The number of benzene rings is 1. The summed E-state index contributed by atoms with van der Waals surface area (Å²) in [7, 11) is -3.56. The predicted molar refractivity (Wildman–Crippen MR) is 76.6 cm³/mol. The van der Waals surface area contributed by atoms with E-state index in [2.05, 4.69) is 4.72 Å². The Kier molecular flexibility index (Phi) is 5.80. The fourth-order valence-electron chi connectivity index (χ4n) is 1.40. The summed E-state index contributed by atoms with van der Waals surface area (Å²) in [6.45, 7) is 6.19. The highest BCUT2D eigenvalue weighted by molar-refractivity contribution is 7.89. The van der Waals surface area contributed by atoms with E-state index in [0.717, 1.165) is 0 Å². The van der Waals surface area contributed by atoms with Gasteiger partial charge in [-0.05, 0) is 35.6 Å². The Morgan fingerprint density at radius 2 is 1.95 bits per heavy atom. The van der Waals surface area contributed by atoms with Gasteiger partial charge < -0.3 is 5.11 Å². The number of halogens is 1. The fourth-order valence-corrected chi connectivity index (χ4v) is 2.77. The van der Waals surface area contributed by atoms with Crippen LogP contribution in [0.3, 0.4) is 0 Å². The van der Waals surface area contributed by atoms with Crippen molar-refractivity contribution in [2.45, 2.75) is 32.3 Å². The van der Waals surface area contributed by atoms with Gasteiger partial charge in [-0.1, -0.05) is 32.4 Å². The number of rotatable bonds is 6. The summed E-state index contributed by atoms with van der Waals surface area (Å²) in [6, 6.07) is 4.31. The molecule has 0 radical (unpaired) electrons. The molecule has 1 aromatic rings. The topological polar surface area (TPSA) is 66.4 Å². The van der Waals surface area contributed by atoms with Crippen LogP contribution in [0.15, 0.2) is 23.1 Å². The molecular formula is C13H20ClNO3S. The molecular weight excluding hydrogens is 286 g/mol. The number of aliphatic hydroxyl groups excluding tert-OH is 1. The van der Waals surface area contributed by atoms with Gasteiger partial charge in [0.25, 0.3) is 0 Å². The highest BCUT2D eigenvalue weighted by Crippen LogP contribution is 2.20. The van der Waals surface area contributed by atoms with E-state index in [0.29, 0.717) is 23.0 Å². The maximum absolute atomic E-state index is 12.1. The van der Waals surface area contributed by atoms with Crippen molar-refractivity contribution in [3.63, 3.8) is 0 Å². The van der Waals surface area contributed by atoms with Crippen molar-refractivity contribution in [2.24, 2.45) is 11.8 Å². The largest absolute Gasteiger partial charge is 0.392 e. The molecule has 0 saturated heterocycles. The van der Waals surface area contributed by atoms with Crippen molar-refractivity contribution in [2.75, 3.05) is 6.54 Å². The smallest absolute Gasteiger partial charge is 0.240 e. The number of hydrogen-bond acceptors (Lipinski definition) is 3. The highest BCUT2D eigenvalue weighted by atomic mass is 35.5. The summed E-state index contributed by atoms with van der Waals surface area (Å²) in [5.41, 5.74) is 0.404. The van der Waals surface area contributed by atoms with Crippen LogP contribution in [-0.2, 0) is 16.6 Å². The molecule has 1 rings (SSSR count). The quantitative estimate of drug-likeness (QED) is 0.848. The number of hydrogen-bond donors (Lipinski definition) is 2. The molecule has 1 unspecified atom stereocenters. The number of sulfonamides is 1. The SMILES string of the molecule is CC(C)C(C)CNS(=O)(=O)c1ccc(Cl)c(CO)c1. The van der Waals surface area contributed by atoms with E-state index in [1.54, 1.807) is 0 Å². The maximum Gasteiger partial charge on any atom is 0.240 e. The summed E-state index contributed by atoms with van der Waals surface area (Å²) in [5, 5.41) is 9.46. The van der Waals surface area contributed by atoms with E-state index in [1.807, 2.05) is 20.8 Å². The third kappa shape index (κ3) is 4.45. The average molecular weight is 306 g/mol. The molecule has 1 atom stereocenters. The summed E-state index contributed by atoms with van der Waals surface area (Å²) < 4.78 is 26.8. The minimum atomic E-state index is -3.56. The molecule has 0 aliphatic carbocycles. The van der Waals surface area contributed by atoms with Gasteiger partial charge in [0, 0.05) is 11.6 Å². The van der Waals surface area contributed by atoms with Gasteiger partial charge in [0.2, 0.25) is 10.0 Å². The van der Waals surface area contributed by atoms with Gasteiger partial charge in [0.1, 0.15) is 0 Å². The summed E-state index contributed by atoms with van der Waals surface area (Å²) in [5.74, 6) is 0.653. The molecule has 1 aromatic carbocycles. The molecule has 0 bridgehead atoms. The summed E-state index contributed by atoms with van der Waals surface area (Å²) in [4.78, 5) is 0.122. The van der Waals surface area contributed by atoms with Crippen LogP contribution >= 0.6 is 11.6 Å². The van der Waals surface area contributed by atoms with E-state index in [4.69, 9.17) is 16.7 Å². The van der Waals surface area contributed by atoms with E-state index < -0.39 is 10.0 Å². The fraction of sp³-hybridized carbons (Fsp3) is 0.538. The van der Waals surface area contributed by atoms with Gasteiger partial charge in [-0.2, -0.15) is 0 Å². The van der Waals surface area contributed by atoms with E-state index in [9.17, 15) is 8.42 Å². The van der Waals surface area contributed by atoms with E-state index >= 15 is 0 Å². The van der Waals surface area contributed by atoms with Crippen LogP contribution in [0.2, 0.25) is 5.02 Å². The zero-order valence-corrected chi connectivity index (χ0v) is 12.9. The predicted octanol–water partition coefficient (Wildman–Crippen LogP) is 2.40. The lowest BCUT2D eigenvalue weighted by molar-refractivity contribution is 0.281. The Morgan fingerprint density at radius 3 is 2.47 bits per heavy atom. The van der Waals surface area contributed by atoms with Crippen LogP contribution in [0.5, 0.6) is 0 Å². The Hall–Kier alpha value is -0.620. The van der Waals surface area contributed by atoms with Crippen molar-refractivity contribution >= 4 is 21.6 Å². The summed E-state index contributed by atoms with van der Waals surface area (Å²) in [6.07, 6.45) is 0. The molecule has 4 nitrogen and oxygen atoms in total. The monoisotopic (exact) mass is 305 g/mol. The molecule has 6 heteroatoms. The third-order valence-electron chi connectivity index (χ3n) is 3.23. The van der Waals surface area contributed by atoms with Crippen molar-refractivity contribution in [1.29, 1.82) is 0 Å². The maximum atomic E-state index is 12.1. The standard InChI is InChI=1S/C13H20ClNO3S/c1-9(2)10(3)7-15-19(17,18)12-4-5-13(14)11(6-12)8-16/h4-6,9-10,15-16H,7-8H2,1-3H3. The first-order valence-electron chi connectivity index (χ1n) is 6.17. The molecule has 0 heterocycles. The van der Waals surface area contributed by atoms with Gasteiger partial charge in [-0.3, -0.25) is 0 Å². The Bertz CT molecular complexity index is 529. The van der Waals surface area contributed by atoms with Crippen LogP contribution in [0.1, 0.15) is 26.3 Å². The Labute approximate surface area is 119 Å². The lowest BCUT2D eigenvalue weighted by Gasteiger charge is -2.16. The lowest BCUT2D eigenvalue weighted by atomic mass is 9.99. The molecule has 108 valence electrons. The van der Waals surface area contributed by atoms with Gasteiger partial charge in [-0.25, -0.2) is 13.1 Å². The molecule has 0 spiro atoms. The molecule has 0 aliphatic heterocycles. The van der Waals surface area contributed by atoms with Gasteiger partial charge in [-0.15, -0.1) is 0 Å². The second kappa shape index (κ2) is 6.70. The number of nitrogens with one attached hydrogen (secondary N) is 1. The second-order valence-electron chi connectivity index (χ2n) is 4.98. The highest BCUT2D eigenvalue weighted by Gasteiger charge is 2.17. The molecule has 0 amide bonds. The zero-order chi connectivity index (χ0) is 14.6. The first kappa shape index (κ1) is 16.4. The normalized spacial score (nSPS) is 13.8. The van der Waals surface area contributed by atoms with Crippen LogP contribution in [0, 0.1) is 11.8 Å². The molecule has 0 saturated carbocycles. The van der Waals surface area contributed by atoms with E-state index in [1.165, 1.54) is 18.2 Å². The first-order chi connectivity index (χ1) is 8.77. The van der Waals surface area contributed by atoms with Gasteiger partial charge >= 0.3 is 0 Å². The molecule has 0 aliphatic rings. The van der Waals surface area contributed by atoms with Crippen LogP contribution < -0.4 is 4.72 Å². The van der Waals surface area contributed by atoms with Gasteiger partial charge in [0.05, 0.1) is 11.5 Å². The van der Waals surface area contributed by atoms with E-state index in [-0.39, 0.29) is 17.4 Å². The van der Waals surface area contributed by atoms with Crippen LogP contribution in [0.25, 0.3) is 0 Å². The van der Waals surface area contributed by atoms with Crippen LogP contribution in [-0.4, -0.2) is 20.1 Å². The first-order valence-corrected chi connectivity index (χ1v) is 8.03. The van der Waals surface area contributed by atoms with Crippen molar-refractivity contribution in [3.8, 4) is 0 Å². The van der Waals surface area contributed by atoms with Crippen molar-refractivity contribution in [1.82, 2.24) is 4.72 Å². The molecule has 19 heavy (non-hydrogen) atoms. The Balaban J connectivity index is 2.89. The molecule has 0 aromatic heterocycles. The summed E-state index contributed by atoms with van der Waals surface area (Å²) >= 11 is 5.84.